The Morgan fingerprint density at radius 2 is 2.00 bits per heavy atom. The number of hydrogen-bond donors (Lipinski definition) is 2. The van der Waals surface area contributed by atoms with Crippen molar-refractivity contribution in [3.05, 3.63) is 23.8 Å². The zero-order valence-corrected chi connectivity index (χ0v) is 13.0. The van der Waals surface area contributed by atoms with Crippen LogP contribution in [0.5, 0.6) is 11.5 Å². The van der Waals surface area contributed by atoms with E-state index in [1.807, 2.05) is 13.8 Å². The summed E-state index contributed by atoms with van der Waals surface area (Å²) in [6, 6.07) is 5.34. The number of rotatable bonds is 6. The summed E-state index contributed by atoms with van der Waals surface area (Å²) in [5.74, 6) is 0.157. The van der Waals surface area contributed by atoms with Gasteiger partial charge in [0.25, 0.3) is 0 Å². The molecule has 1 atom stereocenters. The fourth-order valence-corrected chi connectivity index (χ4v) is 2.31. The summed E-state index contributed by atoms with van der Waals surface area (Å²) in [6.45, 7) is 5.73. The number of aliphatic carboxylic acids is 1. The third-order valence-electron chi connectivity index (χ3n) is 4.02. The molecule has 1 aliphatic heterocycles. The molecule has 0 bridgehead atoms. The molecule has 0 aliphatic carbocycles. The smallest absolute Gasteiger partial charge is 0.305 e. The van der Waals surface area contributed by atoms with Crippen LogP contribution in [0.3, 0.4) is 0 Å². The highest BCUT2D eigenvalue weighted by Gasteiger charge is 2.32. The van der Waals surface area contributed by atoms with Gasteiger partial charge >= 0.3 is 5.97 Å². The van der Waals surface area contributed by atoms with E-state index in [9.17, 15) is 9.59 Å². The van der Waals surface area contributed by atoms with Crippen LogP contribution < -0.4 is 14.8 Å². The Hall–Kier alpha value is -2.24. The van der Waals surface area contributed by atoms with E-state index in [2.05, 4.69) is 5.32 Å². The normalized spacial score (nSPS) is 15.5. The third kappa shape index (κ3) is 3.69. The minimum absolute atomic E-state index is 0.00399. The first-order chi connectivity index (χ1) is 10.3. The van der Waals surface area contributed by atoms with E-state index in [0.717, 1.165) is 5.56 Å². The van der Waals surface area contributed by atoms with Crippen LogP contribution in [-0.2, 0) is 16.0 Å². The predicted molar refractivity (Wildman–Crippen MR) is 79.9 cm³/mol. The van der Waals surface area contributed by atoms with Gasteiger partial charge in [0.15, 0.2) is 11.5 Å². The summed E-state index contributed by atoms with van der Waals surface area (Å²) >= 11 is 0. The van der Waals surface area contributed by atoms with E-state index in [-0.39, 0.29) is 31.5 Å². The number of carboxylic acid groups (broad SMARTS) is 1. The largest absolute Gasteiger partial charge is 0.481 e. The number of nitrogens with one attached hydrogen (secondary N) is 1. The minimum atomic E-state index is -0.931. The number of carbonyl (C=O) groups is 2. The fourth-order valence-electron chi connectivity index (χ4n) is 2.31. The van der Waals surface area contributed by atoms with E-state index < -0.39 is 11.5 Å². The van der Waals surface area contributed by atoms with E-state index in [4.69, 9.17) is 14.6 Å². The van der Waals surface area contributed by atoms with Crippen LogP contribution in [0.15, 0.2) is 18.2 Å². The van der Waals surface area contributed by atoms with E-state index in [0.29, 0.717) is 11.5 Å². The summed E-state index contributed by atoms with van der Waals surface area (Å²) in [7, 11) is 0. The van der Waals surface area contributed by atoms with Crippen molar-refractivity contribution in [3.63, 3.8) is 0 Å². The van der Waals surface area contributed by atoms with Gasteiger partial charge in [0.2, 0.25) is 12.7 Å². The molecule has 2 N–H and O–H groups in total. The first kappa shape index (κ1) is 16.1. The van der Waals surface area contributed by atoms with Crippen LogP contribution in [-0.4, -0.2) is 29.3 Å². The number of hydrogen-bond acceptors (Lipinski definition) is 4. The topological polar surface area (TPSA) is 84.9 Å². The molecular weight excluding hydrogens is 286 g/mol. The summed E-state index contributed by atoms with van der Waals surface area (Å²) in [4.78, 5) is 23.2. The van der Waals surface area contributed by atoms with Crippen LogP contribution in [0.4, 0.5) is 0 Å². The molecule has 0 saturated carbocycles. The SMILES string of the molecule is CC(C)C(C)(CC(=O)O)NC(=O)Cc1ccc2c(c1)OCO2. The lowest BCUT2D eigenvalue weighted by atomic mass is 9.85. The van der Waals surface area contributed by atoms with Crippen molar-refractivity contribution >= 4 is 11.9 Å². The fraction of sp³-hybridized carbons (Fsp3) is 0.500. The summed E-state index contributed by atoms with van der Waals surface area (Å²) < 4.78 is 10.5. The predicted octanol–water partition coefficient (Wildman–Crippen LogP) is 1.96. The number of carbonyl (C=O) groups excluding carboxylic acids is 1. The molecule has 6 heteroatoms. The highest BCUT2D eigenvalue weighted by Crippen LogP contribution is 2.32. The van der Waals surface area contributed by atoms with Gasteiger partial charge in [0.05, 0.1) is 12.8 Å². The number of carboxylic acids is 1. The Morgan fingerprint density at radius 1 is 1.32 bits per heavy atom. The third-order valence-corrected chi connectivity index (χ3v) is 4.02. The molecule has 1 aromatic rings. The molecule has 2 rings (SSSR count). The van der Waals surface area contributed by atoms with Crippen LogP contribution in [0.1, 0.15) is 32.8 Å². The molecule has 22 heavy (non-hydrogen) atoms. The Kier molecular flexibility index (Phi) is 4.59. The average molecular weight is 307 g/mol. The average Bonchev–Trinajstić information content (AvgIpc) is 2.84. The Labute approximate surface area is 129 Å². The molecule has 0 aromatic heterocycles. The molecule has 0 saturated heterocycles. The second-order valence-electron chi connectivity index (χ2n) is 6.06. The molecule has 1 aliphatic rings. The lowest BCUT2D eigenvalue weighted by Gasteiger charge is -2.33. The zero-order chi connectivity index (χ0) is 16.3. The van der Waals surface area contributed by atoms with Gasteiger partial charge in [-0.2, -0.15) is 0 Å². The summed E-state index contributed by atoms with van der Waals surface area (Å²) in [6.07, 6.45) is 0.0517. The van der Waals surface area contributed by atoms with Gasteiger partial charge in [-0.05, 0) is 30.5 Å². The number of benzene rings is 1. The molecule has 1 unspecified atom stereocenters. The Balaban J connectivity index is 2.03. The van der Waals surface area contributed by atoms with Gasteiger partial charge < -0.3 is 19.9 Å². The van der Waals surface area contributed by atoms with Crippen LogP contribution >= 0.6 is 0 Å². The van der Waals surface area contributed by atoms with Crippen LogP contribution in [0.25, 0.3) is 0 Å². The minimum Gasteiger partial charge on any atom is -0.481 e. The first-order valence-electron chi connectivity index (χ1n) is 7.21. The quantitative estimate of drug-likeness (QED) is 0.839. The Morgan fingerprint density at radius 3 is 2.64 bits per heavy atom. The maximum absolute atomic E-state index is 12.2. The number of ether oxygens (including phenoxy) is 2. The first-order valence-corrected chi connectivity index (χ1v) is 7.21. The van der Waals surface area contributed by atoms with Gasteiger partial charge in [-0.1, -0.05) is 19.9 Å². The van der Waals surface area contributed by atoms with Gasteiger partial charge in [-0.3, -0.25) is 9.59 Å². The van der Waals surface area contributed by atoms with E-state index in [1.165, 1.54) is 0 Å². The lowest BCUT2D eigenvalue weighted by Crippen LogP contribution is -2.51. The highest BCUT2D eigenvalue weighted by molar-refractivity contribution is 5.80. The molecule has 0 radical (unpaired) electrons. The molecule has 1 amide bonds. The molecule has 0 fully saturated rings. The Bertz CT molecular complexity index is 584. The van der Waals surface area contributed by atoms with Gasteiger partial charge in [-0.15, -0.1) is 0 Å². The van der Waals surface area contributed by atoms with Crippen molar-refractivity contribution in [3.8, 4) is 11.5 Å². The monoisotopic (exact) mass is 307 g/mol. The number of amides is 1. The zero-order valence-electron chi connectivity index (χ0n) is 13.0. The molecule has 120 valence electrons. The van der Waals surface area contributed by atoms with E-state index >= 15 is 0 Å². The molecular formula is C16H21NO5. The van der Waals surface area contributed by atoms with Crippen molar-refractivity contribution in [2.45, 2.75) is 39.2 Å². The molecule has 0 spiro atoms. The van der Waals surface area contributed by atoms with Gasteiger partial charge in [0, 0.05) is 5.54 Å². The highest BCUT2D eigenvalue weighted by atomic mass is 16.7. The van der Waals surface area contributed by atoms with Crippen LogP contribution in [0, 0.1) is 5.92 Å². The lowest BCUT2D eigenvalue weighted by molar-refractivity contribution is -0.139. The molecule has 1 aromatic carbocycles. The van der Waals surface area contributed by atoms with Crippen LogP contribution in [0.2, 0.25) is 0 Å². The van der Waals surface area contributed by atoms with E-state index in [1.54, 1.807) is 25.1 Å². The van der Waals surface area contributed by atoms with Crippen molar-refractivity contribution in [1.29, 1.82) is 0 Å². The standard InChI is InChI=1S/C16H21NO5/c1-10(2)16(3,8-15(19)20)17-14(18)7-11-4-5-12-13(6-11)22-9-21-12/h4-6,10H,7-9H2,1-3H3,(H,17,18)(H,19,20). The molecule has 6 nitrogen and oxygen atoms in total. The maximum Gasteiger partial charge on any atom is 0.305 e. The maximum atomic E-state index is 12.2. The molecule has 1 heterocycles. The second-order valence-corrected chi connectivity index (χ2v) is 6.06. The van der Waals surface area contributed by atoms with Crippen molar-refractivity contribution in [1.82, 2.24) is 5.32 Å². The van der Waals surface area contributed by atoms with Gasteiger partial charge in [0.1, 0.15) is 0 Å². The van der Waals surface area contributed by atoms with Crippen molar-refractivity contribution in [2.24, 2.45) is 5.92 Å². The summed E-state index contributed by atoms with van der Waals surface area (Å²) in [5, 5.41) is 11.9. The number of fused-ring (bicyclic) bond motifs is 1. The van der Waals surface area contributed by atoms with Crippen molar-refractivity contribution < 1.29 is 24.2 Å². The summed E-state index contributed by atoms with van der Waals surface area (Å²) in [5.41, 5.74) is 0.0161. The van der Waals surface area contributed by atoms with Crippen molar-refractivity contribution in [2.75, 3.05) is 6.79 Å². The second kappa shape index (κ2) is 6.25. The van der Waals surface area contributed by atoms with Gasteiger partial charge in [-0.25, -0.2) is 0 Å².